The van der Waals surface area contributed by atoms with Gasteiger partial charge in [0.05, 0.1) is 27.3 Å². The third kappa shape index (κ3) is 5.02. The lowest BCUT2D eigenvalue weighted by Gasteiger charge is -2.47. The standard InChI is InChI=1S/C31H30ClF3N2O4S/c1-18-17-41-37(16-19-5-3-2-4-6-19)31(18)14-21-7-8-22(15-31)29(21)42(39,40)27-11-20(9-10-24(27)32)30(38)36-23-12-25(33)28(35)26(34)13-23/h2-6,9-13,18,21-22,29H,7-8,14-17H2,1H3,(H,36,38)/t18?,21-,22?,29?,31?/m1/s1. The minimum absolute atomic E-state index is 0.00613. The molecule has 0 aromatic heterocycles. The molecule has 1 heterocycles. The van der Waals surface area contributed by atoms with Gasteiger partial charge in [0.1, 0.15) is 0 Å². The minimum Gasteiger partial charge on any atom is -0.322 e. The summed E-state index contributed by atoms with van der Waals surface area (Å²) in [6.07, 6.45) is 2.87. The first-order valence-electron chi connectivity index (χ1n) is 13.9. The van der Waals surface area contributed by atoms with Crippen LogP contribution < -0.4 is 5.32 Å². The number of amides is 1. The molecule has 1 spiro atoms. The lowest BCUT2D eigenvalue weighted by molar-refractivity contribution is -0.185. The molecular formula is C31H30ClF3N2O4S. The Morgan fingerprint density at radius 1 is 1.02 bits per heavy atom. The SMILES string of the molecule is CC1CON(Cc2ccccc2)C12CC1CC[C@H](C2)C1S(=O)(=O)c1cc(C(=O)Nc2cc(F)c(F)c(F)c2)ccc1Cl. The lowest BCUT2D eigenvalue weighted by Crippen LogP contribution is -2.55. The summed E-state index contributed by atoms with van der Waals surface area (Å²) in [7, 11) is -3.96. The van der Waals surface area contributed by atoms with Gasteiger partial charge in [-0.2, -0.15) is 5.06 Å². The van der Waals surface area contributed by atoms with Gasteiger partial charge in [0.2, 0.25) is 0 Å². The molecule has 222 valence electrons. The van der Waals surface area contributed by atoms with Crippen LogP contribution in [-0.4, -0.2) is 36.8 Å². The van der Waals surface area contributed by atoms with Crippen molar-refractivity contribution in [3.05, 3.63) is 94.3 Å². The minimum atomic E-state index is -3.96. The second kappa shape index (κ2) is 11.0. The number of rotatable bonds is 6. The smallest absolute Gasteiger partial charge is 0.255 e. The summed E-state index contributed by atoms with van der Waals surface area (Å²) in [5, 5.41) is 3.70. The van der Waals surface area contributed by atoms with Gasteiger partial charge in [-0.3, -0.25) is 9.63 Å². The normalized spacial score (nSPS) is 27.5. The summed E-state index contributed by atoms with van der Waals surface area (Å²) in [6.45, 7) is 3.36. The van der Waals surface area contributed by atoms with Crippen LogP contribution in [0.25, 0.3) is 0 Å². The zero-order valence-corrected chi connectivity index (χ0v) is 24.4. The van der Waals surface area contributed by atoms with Crippen molar-refractivity contribution in [2.24, 2.45) is 17.8 Å². The third-order valence-corrected chi connectivity index (χ3v) is 12.1. The van der Waals surface area contributed by atoms with Crippen molar-refractivity contribution < 1.29 is 31.2 Å². The topological polar surface area (TPSA) is 75.7 Å². The van der Waals surface area contributed by atoms with E-state index in [9.17, 15) is 26.4 Å². The zero-order chi connectivity index (χ0) is 29.8. The highest BCUT2D eigenvalue weighted by Crippen LogP contribution is 2.57. The van der Waals surface area contributed by atoms with Crippen molar-refractivity contribution in [2.75, 3.05) is 11.9 Å². The average molecular weight is 619 g/mol. The van der Waals surface area contributed by atoms with Crippen LogP contribution in [0.5, 0.6) is 0 Å². The number of nitrogens with one attached hydrogen (secondary N) is 1. The fourth-order valence-electron chi connectivity index (χ4n) is 7.21. The van der Waals surface area contributed by atoms with E-state index in [0.717, 1.165) is 18.4 Å². The Bertz CT molecular complexity index is 1600. The molecule has 2 saturated carbocycles. The van der Waals surface area contributed by atoms with E-state index in [1.54, 1.807) is 0 Å². The maximum absolute atomic E-state index is 14.2. The van der Waals surface area contributed by atoms with Crippen LogP contribution in [0.15, 0.2) is 65.6 Å². The molecule has 1 amide bonds. The maximum Gasteiger partial charge on any atom is 0.255 e. The fraction of sp³-hybridized carbons (Fsp3) is 0.387. The van der Waals surface area contributed by atoms with Crippen LogP contribution in [0, 0.1) is 35.2 Å². The van der Waals surface area contributed by atoms with Crippen molar-refractivity contribution in [3.63, 3.8) is 0 Å². The molecule has 3 aromatic carbocycles. The second-order valence-electron chi connectivity index (χ2n) is 11.7. The number of hydrogen-bond donors (Lipinski definition) is 1. The van der Waals surface area contributed by atoms with E-state index < -0.39 is 38.4 Å². The van der Waals surface area contributed by atoms with Gasteiger partial charge in [-0.15, -0.1) is 0 Å². The Morgan fingerprint density at radius 3 is 2.31 bits per heavy atom. The van der Waals surface area contributed by atoms with Crippen LogP contribution in [0.4, 0.5) is 18.9 Å². The zero-order valence-electron chi connectivity index (χ0n) is 22.8. The van der Waals surface area contributed by atoms with E-state index in [1.165, 1.54) is 18.2 Å². The molecular weight excluding hydrogens is 589 g/mol. The molecule has 42 heavy (non-hydrogen) atoms. The van der Waals surface area contributed by atoms with Crippen LogP contribution in [0.1, 0.15) is 48.5 Å². The van der Waals surface area contributed by atoms with E-state index in [0.29, 0.717) is 38.1 Å². The Morgan fingerprint density at radius 2 is 1.67 bits per heavy atom. The molecule has 6 rings (SSSR count). The van der Waals surface area contributed by atoms with Crippen molar-refractivity contribution in [2.45, 2.75) is 54.8 Å². The van der Waals surface area contributed by atoms with E-state index >= 15 is 0 Å². The molecule has 2 bridgehead atoms. The van der Waals surface area contributed by atoms with E-state index in [-0.39, 0.29) is 44.5 Å². The summed E-state index contributed by atoms with van der Waals surface area (Å²) in [4.78, 5) is 18.9. The molecule has 1 aliphatic heterocycles. The van der Waals surface area contributed by atoms with Gasteiger partial charge >= 0.3 is 0 Å². The van der Waals surface area contributed by atoms with Crippen molar-refractivity contribution in [1.82, 2.24) is 5.06 Å². The first kappa shape index (κ1) is 29.2. The monoisotopic (exact) mass is 618 g/mol. The number of nitrogens with zero attached hydrogens (tertiary/aromatic N) is 1. The predicted octanol–water partition coefficient (Wildman–Crippen LogP) is 6.79. The molecule has 0 radical (unpaired) electrons. The summed E-state index contributed by atoms with van der Waals surface area (Å²) < 4.78 is 69.0. The average Bonchev–Trinajstić information content (AvgIpc) is 3.41. The number of anilines is 1. The van der Waals surface area contributed by atoms with Crippen molar-refractivity contribution in [3.8, 4) is 0 Å². The van der Waals surface area contributed by atoms with Crippen molar-refractivity contribution >= 4 is 33.0 Å². The summed E-state index contributed by atoms with van der Waals surface area (Å²) in [5.41, 5.74) is 0.480. The predicted molar refractivity (Wildman–Crippen MR) is 152 cm³/mol. The highest BCUT2D eigenvalue weighted by atomic mass is 35.5. The van der Waals surface area contributed by atoms with Gasteiger partial charge in [0.25, 0.3) is 5.91 Å². The highest BCUT2D eigenvalue weighted by molar-refractivity contribution is 7.92. The molecule has 3 aromatic rings. The van der Waals surface area contributed by atoms with Gasteiger partial charge in [0, 0.05) is 35.8 Å². The summed E-state index contributed by atoms with van der Waals surface area (Å²) in [6, 6.07) is 15.2. The highest BCUT2D eigenvalue weighted by Gasteiger charge is 2.60. The molecule has 3 fully saturated rings. The number of halogens is 4. The third-order valence-electron chi connectivity index (χ3n) is 9.23. The Kier molecular flexibility index (Phi) is 7.62. The quantitative estimate of drug-likeness (QED) is 0.308. The van der Waals surface area contributed by atoms with Crippen LogP contribution >= 0.6 is 11.6 Å². The molecule has 1 saturated heterocycles. The number of hydroxylamine groups is 2. The fourth-order valence-corrected chi connectivity index (χ4v) is 10.0. The molecule has 2 aliphatic carbocycles. The number of benzene rings is 3. The lowest BCUT2D eigenvalue weighted by atomic mass is 9.69. The second-order valence-corrected chi connectivity index (χ2v) is 14.2. The molecule has 5 atom stereocenters. The Balaban J connectivity index is 1.26. The largest absolute Gasteiger partial charge is 0.322 e. The number of carbonyl (C=O) groups excluding carboxylic acids is 1. The molecule has 11 heteroatoms. The molecule has 4 unspecified atom stereocenters. The number of fused-ring (bicyclic) bond motifs is 2. The molecule has 3 aliphatic rings. The van der Waals surface area contributed by atoms with Gasteiger partial charge in [0.15, 0.2) is 27.3 Å². The van der Waals surface area contributed by atoms with Gasteiger partial charge in [-0.05, 0) is 61.3 Å². The van der Waals surface area contributed by atoms with E-state index in [4.69, 9.17) is 16.4 Å². The Labute approximate surface area is 247 Å². The summed E-state index contributed by atoms with van der Waals surface area (Å²) >= 11 is 6.42. The first-order valence-corrected chi connectivity index (χ1v) is 15.9. The number of sulfone groups is 1. The van der Waals surface area contributed by atoms with Crippen molar-refractivity contribution in [1.29, 1.82) is 0 Å². The van der Waals surface area contributed by atoms with Crippen LogP contribution in [0.3, 0.4) is 0 Å². The first-order chi connectivity index (χ1) is 20.0. The molecule has 1 N–H and O–H groups in total. The summed E-state index contributed by atoms with van der Waals surface area (Å²) in [5.74, 6) is -5.39. The molecule has 6 nitrogen and oxygen atoms in total. The number of hydrogen-bond acceptors (Lipinski definition) is 5. The van der Waals surface area contributed by atoms with E-state index in [1.807, 2.05) is 18.2 Å². The van der Waals surface area contributed by atoms with Gasteiger partial charge in [-0.25, -0.2) is 21.6 Å². The van der Waals surface area contributed by atoms with E-state index in [2.05, 4.69) is 29.4 Å². The van der Waals surface area contributed by atoms with Gasteiger partial charge < -0.3 is 5.32 Å². The van der Waals surface area contributed by atoms with Crippen LogP contribution in [0.2, 0.25) is 5.02 Å². The maximum atomic E-state index is 14.2. The van der Waals surface area contributed by atoms with Crippen LogP contribution in [-0.2, 0) is 21.2 Å². The Hall–Kier alpha value is -2.92. The number of carbonyl (C=O) groups is 1. The van der Waals surface area contributed by atoms with Gasteiger partial charge in [-0.1, -0.05) is 48.9 Å².